The first-order valence-electron chi connectivity index (χ1n) is 13.3. The van der Waals surface area contributed by atoms with Crippen LogP contribution in [0.15, 0.2) is 43.2 Å². The van der Waals surface area contributed by atoms with Crippen molar-refractivity contribution >= 4 is 5.52 Å². The molecule has 5 heterocycles. The molecule has 1 aliphatic carbocycles. The maximum absolute atomic E-state index is 6.46. The second-order valence-electron chi connectivity index (χ2n) is 10.2. The number of hydrogen-bond acceptors (Lipinski definition) is 6. The van der Waals surface area contributed by atoms with Gasteiger partial charge in [-0.2, -0.15) is 15.3 Å². The fraction of sp³-hybridized carbons (Fsp3) is 0.556. The zero-order chi connectivity index (χ0) is 24.7. The monoisotopic (exact) mass is 489 g/mol. The maximum atomic E-state index is 6.46. The van der Waals surface area contributed by atoms with E-state index in [1.165, 1.54) is 19.3 Å². The first-order chi connectivity index (χ1) is 17.6. The summed E-state index contributed by atoms with van der Waals surface area (Å²) in [6, 6.07) is 2.44. The summed E-state index contributed by atoms with van der Waals surface area (Å²) in [4.78, 5) is 5.05. The Labute approximate surface area is 211 Å². The second kappa shape index (κ2) is 9.44. The molecule has 6 rings (SSSR count). The lowest BCUT2D eigenvalue weighted by Crippen LogP contribution is -2.34. The maximum Gasteiger partial charge on any atom is 0.169 e. The first kappa shape index (κ1) is 23.4. The topological polar surface area (TPSA) is 84.3 Å². The van der Waals surface area contributed by atoms with Gasteiger partial charge in [-0.05, 0) is 38.7 Å². The van der Waals surface area contributed by atoms with Crippen LogP contribution in [0.4, 0.5) is 0 Å². The van der Waals surface area contributed by atoms with Crippen LogP contribution in [0.5, 0.6) is 0 Å². The smallest absolute Gasteiger partial charge is 0.169 e. The van der Waals surface area contributed by atoms with E-state index >= 15 is 0 Å². The summed E-state index contributed by atoms with van der Waals surface area (Å²) in [7, 11) is 0. The van der Waals surface area contributed by atoms with Gasteiger partial charge in [-0.25, -0.2) is 9.50 Å². The van der Waals surface area contributed by atoms with Gasteiger partial charge in [0, 0.05) is 36.4 Å². The van der Waals surface area contributed by atoms with Crippen LogP contribution < -0.4 is 0 Å². The highest BCUT2D eigenvalue weighted by atomic mass is 16.7. The van der Waals surface area contributed by atoms with E-state index in [4.69, 9.17) is 14.5 Å². The third-order valence-corrected chi connectivity index (χ3v) is 7.93. The van der Waals surface area contributed by atoms with Gasteiger partial charge >= 0.3 is 0 Å². The van der Waals surface area contributed by atoms with Crippen LogP contribution in [0.1, 0.15) is 77.8 Å². The molecule has 0 amide bonds. The van der Waals surface area contributed by atoms with Gasteiger partial charge in [0.2, 0.25) is 0 Å². The van der Waals surface area contributed by atoms with Gasteiger partial charge in [0.1, 0.15) is 6.10 Å². The molecule has 2 fully saturated rings. The zero-order valence-electron chi connectivity index (χ0n) is 21.4. The number of aromatic nitrogens is 7. The summed E-state index contributed by atoms with van der Waals surface area (Å²) in [6.45, 7) is 7.15. The molecule has 1 saturated carbocycles. The fourth-order valence-corrected chi connectivity index (χ4v) is 5.63. The summed E-state index contributed by atoms with van der Waals surface area (Å²) >= 11 is 0. The Morgan fingerprint density at radius 3 is 2.53 bits per heavy atom. The van der Waals surface area contributed by atoms with Crippen LogP contribution >= 0.6 is 0 Å². The highest BCUT2D eigenvalue weighted by Crippen LogP contribution is 2.40. The number of ether oxygens (including phenoxy) is 2. The summed E-state index contributed by atoms with van der Waals surface area (Å²) in [5.74, 6) is -0.381. The standard InChI is InChI=1S/C27H35N7O2/c1-4-22(5-2)33-16-21(14-30-33)26-24-9-12-28-34(24)17-23(31-26)20-13-29-32(15-20)19(3)25-18-35-27(36-25)10-7-6-8-11-27/h9,12-17,19,22,25H,4-8,10-11,18H2,1-3H3/t19-,25+/m0/s1. The Kier molecular flexibility index (Phi) is 6.13. The highest BCUT2D eigenvalue weighted by Gasteiger charge is 2.44. The van der Waals surface area contributed by atoms with Crippen molar-refractivity contribution in [1.29, 1.82) is 0 Å². The molecule has 0 bridgehead atoms. The second-order valence-corrected chi connectivity index (χ2v) is 10.2. The summed E-state index contributed by atoms with van der Waals surface area (Å²) in [6.07, 6.45) is 19.4. The number of nitrogens with zero attached hydrogens (tertiary/aromatic N) is 7. The quantitative estimate of drug-likeness (QED) is 0.343. The van der Waals surface area contributed by atoms with Crippen LogP contribution in [-0.4, -0.2) is 52.7 Å². The lowest BCUT2D eigenvalue weighted by molar-refractivity contribution is -0.190. The van der Waals surface area contributed by atoms with E-state index in [1.807, 2.05) is 33.9 Å². The van der Waals surface area contributed by atoms with Crippen molar-refractivity contribution in [3.05, 3.63) is 43.2 Å². The Hall–Kier alpha value is -3.04. The first-order valence-corrected chi connectivity index (χ1v) is 13.3. The number of rotatable bonds is 7. The molecule has 2 aliphatic rings. The fourth-order valence-electron chi connectivity index (χ4n) is 5.63. The molecule has 36 heavy (non-hydrogen) atoms. The average Bonchev–Trinajstić information content (AvgIpc) is 3.71. The molecule has 4 aromatic heterocycles. The molecule has 0 aromatic carbocycles. The molecule has 1 saturated heterocycles. The lowest BCUT2D eigenvalue weighted by Gasteiger charge is -2.32. The van der Waals surface area contributed by atoms with Crippen LogP contribution in [0, 0.1) is 0 Å². The highest BCUT2D eigenvalue weighted by molar-refractivity contribution is 5.78. The van der Waals surface area contributed by atoms with Crippen molar-refractivity contribution in [2.45, 2.75) is 89.7 Å². The largest absolute Gasteiger partial charge is 0.347 e. The molecule has 9 nitrogen and oxygen atoms in total. The Bertz CT molecular complexity index is 1330. The van der Waals surface area contributed by atoms with Gasteiger partial charge in [0.25, 0.3) is 0 Å². The summed E-state index contributed by atoms with van der Waals surface area (Å²) in [5, 5.41) is 13.8. The number of fused-ring (bicyclic) bond motifs is 1. The normalized spacial score (nSPS) is 20.6. The Morgan fingerprint density at radius 2 is 1.72 bits per heavy atom. The van der Waals surface area contributed by atoms with Crippen molar-refractivity contribution in [1.82, 2.24) is 34.2 Å². The Morgan fingerprint density at radius 1 is 0.972 bits per heavy atom. The minimum Gasteiger partial charge on any atom is -0.347 e. The third-order valence-electron chi connectivity index (χ3n) is 7.93. The van der Waals surface area contributed by atoms with Gasteiger partial charge in [0.05, 0.1) is 60.4 Å². The van der Waals surface area contributed by atoms with Crippen molar-refractivity contribution < 1.29 is 9.47 Å². The van der Waals surface area contributed by atoms with Gasteiger partial charge in [-0.1, -0.05) is 20.3 Å². The minimum atomic E-state index is -0.381. The van der Waals surface area contributed by atoms with Crippen molar-refractivity contribution in [2.24, 2.45) is 0 Å². The van der Waals surface area contributed by atoms with Crippen LogP contribution in [0.25, 0.3) is 28.0 Å². The van der Waals surface area contributed by atoms with E-state index in [-0.39, 0.29) is 17.9 Å². The van der Waals surface area contributed by atoms with E-state index in [0.717, 1.165) is 53.7 Å². The van der Waals surface area contributed by atoms with Crippen molar-refractivity contribution in [3.8, 4) is 22.5 Å². The van der Waals surface area contributed by atoms with E-state index in [1.54, 1.807) is 6.20 Å². The molecule has 0 unspecified atom stereocenters. The van der Waals surface area contributed by atoms with Crippen LogP contribution in [-0.2, 0) is 9.47 Å². The van der Waals surface area contributed by atoms with E-state index in [9.17, 15) is 0 Å². The molecule has 4 aromatic rings. The molecule has 1 aliphatic heterocycles. The van der Waals surface area contributed by atoms with Gasteiger partial charge in [-0.15, -0.1) is 0 Å². The molecule has 0 radical (unpaired) electrons. The predicted octanol–water partition coefficient (Wildman–Crippen LogP) is 5.45. The summed E-state index contributed by atoms with van der Waals surface area (Å²) in [5.41, 5.74) is 4.58. The zero-order valence-corrected chi connectivity index (χ0v) is 21.4. The van der Waals surface area contributed by atoms with Gasteiger partial charge in [-0.3, -0.25) is 9.36 Å². The molecule has 2 atom stereocenters. The van der Waals surface area contributed by atoms with Crippen LogP contribution in [0.3, 0.4) is 0 Å². The number of hydrogen-bond donors (Lipinski definition) is 0. The molecular weight excluding hydrogens is 454 g/mol. The molecule has 9 heteroatoms. The molecular formula is C27H35N7O2. The average molecular weight is 490 g/mol. The van der Waals surface area contributed by atoms with Gasteiger partial charge < -0.3 is 9.47 Å². The van der Waals surface area contributed by atoms with Crippen LogP contribution in [0.2, 0.25) is 0 Å². The molecule has 0 N–H and O–H groups in total. The minimum absolute atomic E-state index is 0.0103. The van der Waals surface area contributed by atoms with E-state index in [0.29, 0.717) is 12.6 Å². The van der Waals surface area contributed by atoms with Gasteiger partial charge in [0.15, 0.2) is 5.79 Å². The van der Waals surface area contributed by atoms with Crippen molar-refractivity contribution in [2.75, 3.05) is 6.61 Å². The van der Waals surface area contributed by atoms with E-state index < -0.39 is 0 Å². The van der Waals surface area contributed by atoms with E-state index in [2.05, 4.69) is 53.1 Å². The Balaban J connectivity index is 1.28. The SMILES string of the molecule is CCC(CC)n1cc(-c2nc(-c3cnn([C@@H](C)[C@H]4COC5(CCCCC5)O4)c3)cn3nccc23)cn1. The lowest BCUT2D eigenvalue weighted by atomic mass is 9.94. The molecule has 1 spiro atoms. The van der Waals surface area contributed by atoms with Crippen molar-refractivity contribution in [3.63, 3.8) is 0 Å². The predicted molar refractivity (Wildman–Crippen MR) is 136 cm³/mol. The summed E-state index contributed by atoms with van der Waals surface area (Å²) < 4.78 is 18.5. The molecule has 190 valence electrons. The third kappa shape index (κ3) is 4.14.